The quantitative estimate of drug-likeness (QED) is 0.743. The molecule has 0 saturated carbocycles. The molecule has 0 heterocycles. The number of sulfonamides is 1. The van der Waals surface area contributed by atoms with Crippen LogP contribution in [0.2, 0.25) is 0 Å². The van der Waals surface area contributed by atoms with E-state index in [4.69, 9.17) is 23.2 Å². The first kappa shape index (κ1) is 18.9. The number of hydrogen-bond acceptors (Lipinski definition) is 3. The fourth-order valence-corrected chi connectivity index (χ4v) is 3.68. The monoisotopic (exact) mass is 385 g/mol. The molecule has 0 aromatic heterocycles. The molecule has 4 nitrogen and oxygen atoms in total. The van der Waals surface area contributed by atoms with Crippen LogP contribution in [0, 0.1) is 6.92 Å². The Morgan fingerprint density at radius 2 is 1.62 bits per heavy atom. The maximum atomic E-state index is 12.5. The Balaban J connectivity index is 2.27. The van der Waals surface area contributed by atoms with Gasteiger partial charge < -0.3 is 0 Å². The number of Topliss-reactive ketones (excluding diaryl/α,β-unsaturated/α-hetero) is 1. The van der Waals surface area contributed by atoms with Crippen molar-refractivity contribution >= 4 is 39.0 Å². The highest BCUT2D eigenvalue weighted by molar-refractivity contribution is 7.89. The van der Waals surface area contributed by atoms with Crippen LogP contribution >= 0.6 is 23.2 Å². The van der Waals surface area contributed by atoms with E-state index in [1.54, 1.807) is 24.3 Å². The van der Waals surface area contributed by atoms with Crippen LogP contribution < -0.4 is 4.72 Å². The van der Waals surface area contributed by atoms with Crippen molar-refractivity contribution in [3.05, 3.63) is 65.7 Å². The lowest BCUT2D eigenvalue weighted by Gasteiger charge is -2.18. The van der Waals surface area contributed by atoms with Crippen LogP contribution in [-0.2, 0) is 21.2 Å². The maximum absolute atomic E-state index is 12.5. The van der Waals surface area contributed by atoms with Crippen molar-refractivity contribution in [1.29, 1.82) is 0 Å². The highest BCUT2D eigenvalue weighted by Crippen LogP contribution is 2.15. The van der Waals surface area contributed by atoms with Gasteiger partial charge in [-0.15, -0.1) is 0 Å². The first-order chi connectivity index (χ1) is 11.3. The number of nitrogens with one attached hydrogen (secondary N) is 1. The smallest absolute Gasteiger partial charge is 0.241 e. The molecule has 0 spiro atoms. The molecule has 0 saturated heterocycles. The molecule has 0 bridgehead atoms. The predicted molar refractivity (Wildman–Crippen MR) is 95.9 cm³/mol. The molecule has 0 aliphatic heterocycles. The van der Waals surface area contributed by atoms with Gasteiger partial charge in [0.15, 0.2) is 10.6 Å². The third-order valence-electron chi connectivity index (χ3n) is 3.47. The molecular weight excluding hydrogens is 369 g/mol. The zero-order valence-corrected chi connectivity index (χ0v) is 15.3. The van der Waals surface area contributed by atoms with Gasteiger partial charge in [-0.25, -0.2) is 13.1 Å². The molecule has 24 heavy (non-hydrogen) atoms. The fraction of sp³-hybridized carbons (Fsp3) is 0.235. The molecule has 0 aliphatic carbocycles. The molecule has 2 aromatic rings. The number of ketones is 1. The molecule has 0 amide bonds. The first-order valence-corrected chi connectivity index (χ1v) is 9.60. The van der Waals surface area contributed by atoms with E-state index >= 15 is 0 Å². The largest absolute Gasteiger partial charge is 0.295 e. The van der Waals surface area contributed by atoms with Crippen LogP contribution in [0.3, 0.4) is 0 Å². The SMILES string of the molecule is Cc1ccc(S(=O)(=O)NC(Cc2ccccc2)C(=O)C(Cl)Cl)cc1. The number of halogens is 2. The second-order valence-corrected chi connectivity index (χ2v) is 8.19. The Morgan fingerprint density at radius 3 is 2.17 bits per heavy atom. The number of carbonyl (C=O) groups is 1. The number of alkyl halides is 2. The van der Waals surface area contributed by atoms with Crippen molar-refractivity contribution in [2.75, 3.05) is 0 Å². The van der Waals surface area contributed by atoms with Gasteiger partial charge in [-0.3, -0.25) is 4.79 Å². The van der Waals surface area contributed by atoms with Gasteiger partial charge in [0, 0.05) is 0 Å². The number of aryl methyl sites for hydroxylation is 1. The topological polar surface area (TPSA) is 63.2 Å². The van der Waals surface area contributed by atoms with Gasteiger partial charge in [0.2, 0.25) is 10.0 Å². The summed E-state index contributed by atoms with van der Waals surface area (Å²) in [5.41, 5.74) is 1.74. The second-order valence-electron chi connectivity index (χ2n) is 5.38. The Labute approximate surface area is 151 Å². The Hall–Kier alpha value is -1.40. The summed E-state index contributed by atoms with van der Waals surface area (Å²) >= 11 is 11.3. The summed E-state index contributed by atoms with van der Waals surface area (Å²) < 4.78 is 27.5. The summed E-state index contributed by atoms with van der Waals surface area (Å²) in [5.74, 6) is -0.585. The van der Waals surface area contributed by atoms with Crippen molar-refractivity contribution in [2.24, 2.45) is 0 Å². The summed E-state index contributed by atoms with van der Waals surface area (Å²) in [6, 6.07) is 14.4. The van der Waals surface area contributed by atoms with E-state index < -0.39 is 26.7 Å². The number of carbonyl (C=O) groups excluding carboxylic acids is 1. The van der Waals surface area contributed by atoms with Crippen LogP contribution in [0.4, 0.5) is 0 Å². The number of benzene rings is 2. The van der Waals surface area contributed by atoms with Gasteiger partial charge in [0.1, 0.15) is 0 Å². The normalized spacial score (nSPS) is 13.0. The summed E-state index contributed by atoms with van der Waals surface area (Å²) in [6.07, 6.45) is 0.167. The Kier molecular flexibility index (Phi) is 6.40. The van der Waals surface area contributed by atoms with E-state index in [1.807, 2.05) is 25.1 Å². The van der Waals surface area contributed by atoms with E-state index in [-0.39, 0.29) is 11.3 Å². The van der Waals surface area contributed by atoms with Crippen LogP contribution in [0.25, 0.3) is 0 Å². The minimum absolute atomic E-state index is 0.0830. The summed E-state index contributed by atoms with van der Waals surface area (Å²) in [4.78, 5) is 11.0. The molecule has 128 valence electrons. The highest BCUT2D eigenvalue weighted by atomic mass is 35.5. The zero-order chi connectivity index (χ0) is 17.7. The van der Waals surface area contributed by atoms with Gasteiger partial charge in [-0.05, 0) is 31.0 Å². The minimum atomic E-state index is -3.86. The second kappa shape index (κ2) is 8.12. The Morgan fingerprint density at radius 1 is 1.04 bits per heavy atom. The van der Waals surface area contributed by atoms with Crippen LogP contribution in [0.5, 0.6) is 0 Å². The lowest BCUT2D eigenvalue weighted by atomic mass is 10.0. The van der Waals surface area contributed by atoms with Crippen molar-refractivity contribution < 1.29 is 13.2 Å². The highest BCUT2D eigenvalue weighted by Gasteiger charge is 2.29. The summed E-state index contributed by atoms with van der Waals surface area (Å²) in [7, 11) is -3.86. The molecule has 2 rings (SSSR count). The molecule has 1 N–H and O–H groups in total. The van der Waals surface area contributed by atoms with Gasteiger partial charge in [0.05, 0.1) is 10.9 Å². The third kappa shape index (κ3) is 5.05. The third-order valence-corrected chi connectivity index (χ3v) is 5.39. The molecule has 0 fully saturated rings. The van der Waals surface area contributed by atoms with Crippen LogP contribution in [0.15, 0.2) is 59.5 Å². The molecule has 2 aromatic carbocycles. The molecule has 1 atom stereocenters. The predicted octanol–water partition coefficient (Wildman–Crippen LogP) is 3.26. The van der Waals surface area contributed by atoms with Crippen LogP contribution in [0.1, 0.15) is 11.1 Å². The van der Waals surface area contributed by atoms with Crippen molar-refractivity contribution in [3.8, 4) is 0 Å². The average Bonchev–Trinajstić information content (AvgIpc) is 2.54. The van der Waals surface area contributed by atoms with Crippen LogP contribution in [-0.4, -0.2) is 25.1 Å². The first-order valence-electron chi connectivity index (χ1n) is 7.24. The van der Waals surface area contributed by atoms with E-state index in [2.05, 4.69) is 4.72 Å². The molecule has 0 aliphatic rings. The average molecular weight is 386 g/mol. The van der Waals surface area contributed by atoms with Gasteiger partial charge in [-0.1, -0.05) is 71.2 Å². The maximum Gasteiger partial charge on any atom is 0.241 e. The van der Waals surface area contributed by atoms with E-state index in [0.717, 1.165) is 11.1 Å². The molecule has 0 radical (unpaired) electrons. The van der Waals surface area contributed by atoms with Crippen molar-refractivity contribution in [2.45, 2.75) is 29.1 Å². The summed E-state index contributed by atoms with van der Waals surface area (Å²) in [6.45, 7) is 1.86. The molecular formula is C17H17Cl2NO3S. The Bertz CT molecular complexity index is 790. The number of hydrogen-bond donors (Lipinski definition) is 1. The van der Waals surface area contributed by atoms with E-state index in [9.17, 15) is 13.2 Å². The minimum Gasteiger partial charge on any atom is -0.295 e. The molecule has 7 heteroatoms. The van der Waals surface area contributed by atoms with E-state index in [0.29, 0.717) is 0 Å². The lowest BCUT2D eigenvalue weighted by Crippen LogP contribution is -2.44. The van der Waals surface area contributed by atoms with Gasteiger partial charge >= 0.3 is 0 Å². The van der Waals surface area contributed by atoms with Crippen molar-refractivity contribution in [1.82, 2.24) is 4.72 Å². The fourth-order valence-electron chi connectivity index (χ4n) is 2.17. The standard InChI is InChI=1S/C17H17Cl2NO3S/c1-12-7-9-14(10-8-12)24(22,23)20-15(16(21)17(18)19)11-13-5-3-2-4-6-13/h2-10,15,17,20H,11H2,1H3. The number of rotatable bonds is 7. The summed E-state index contributed by atoms with van der Waals surface area (Å²) in [5, 5.41) is 0. The lowest BCUT2D eigenvalue weighted by molar-refractivity contribution is -0.119. The zero-order valence-electron chi connectivity index (χ0n) is 12.9. The van der Waals surface area contributed by atoms with Gasteiger partial charge in [-0.2, -0.15) is 0 Å². The molecule has 1 unspecified atom stereocenters. The van der Waals surface area contributed by atoms with Crippen molar-refractivity contribution in [3.63, 3.8) is 0 Å². The van der Waals surface area contributed by atoms with E-state index in [1.165, 1.54) is 12.1 Å². The van der Waals surface area contributed by atoms with Gasteiger partial charge in [0.25, 0.3) is 0 Å².